The van der Waals surface area contributed by atoms with E-state index >= 15 is 0 Å². The number of oxazole rings is 1. The number of nitrogens with zero attached hydrogens (tertiary/aromatic N) is 1. The van der Waals surface area contributed by atoms with Gasteiger partial charge in [0.15, 0.2) is 0 Å². The highest BCUT2D eigenvalue weighted by molar-refractivity contribution is 6.30. The van der Waals surface area contributed by atoms with Crippen molar-refractivity contribution in [3.63, 3.8) is 0 Å². The van der Waals surface area contributed by atoms with Gasteiger partial charge in [0.2, 0.25) is 5.89 Å². The largest absolute Gasteiger partial charge is 0.444 e. The minimum atomic E-state index is 0.648. The number of nitrogens with one attached hydrogen (secondary N) is 1. The maximum Gasteiger partial charge on any atom is 0.226 e. The summed E-state index contributed by atoms with van der Waals surface area (Å²) in [6.07, 6.45) is 2.73. The Morgan fingerprint density at radius 2 is 2.29 bits per heavy atom. The molecule has 1 fully saturated rings. The Balaban J connectivity index is 1.79. The first kappa shape index (κ1) is 10.8. The summed E-state index contributed by atoms with van der Waals surface area (Å²) >= 11 is 5.94. The van der Waals surface area contributed by atoms with Gasteiger partial charge in [-0.05, 0) is 43.6 Å². The summed E-state index contributed by atoms with van der Waals surface area (Å²) in [6.45, 7) is 2.17. The molecule has 1 aromatic carbocycles. The van der Waals surface area contributed by atoms with Gasteiger partial charge in [-0.15, -0.1) is 0 Å². The van der Waals surface area contributed by atoms with Crippen LogP contribution in [0, 0.1) is 5.92 Å². The van der Waals surface area contributed by atoms with Crippen molar-refractivity contribution in [2.75, 3.05) is 13.1 Å². The first-order chi connectivity index (χ1) is 8.31. The van der Waals surface area contributed by atoms with Crippen molar-refractivity contribution in [3.05, 3.63) is 41.2 Å². The van der Waals surface area contributed by atoms with Gasteiger partial charge in [0.1, 0.15) is 6.26 Å². The molecule has 1 saturated heterocycles. The molecule has 2 heterocycles. The van der Waals surface area contributed by atoms with Gasteiger partial charge >= 0.3 is 0 Å². The van der Waals surface area contributed by atoms with Crippen LogP contribution in [-0.2, 0) is 6.42 Å². The van der Waals surface area contributed by atoms with Crippen LogP contribution in [0.15, 0.2) is 34.9 Å². The van der Waals surface area contributed by atoms with Crippen molar-refractivity contribution < 1.29 is 4.42 Å². The van der Waals surface area contributed by atoms with E-state index in [9.17, 15) is 0 Å². The smallest absolute Gasteiger partial charge is 0.226 e. The average molecular weight is 249 g/mol. The Bertz CT molecular complexity index is 520. The van der Waals surface area contributed by atoms with Crippen LogP contribution in [0.5, 0.6) is 0 Å². The minimum absolute atomic E-state index is 0.648. The maximum atomic E-state index is 5.94. The fourth-order valence-corrected chi connectivity index (χ4v) is 2.13. The maximum absolute atomic E-state index is 5.94. The normalized spacial score (nSPS) is 15.8. The lowest BCUT2D eigenvalue weighted by atomic mass is 9.98. The molecule has 88 valence electrons. The van der Waals surface area contributed by atoms with Gasteiger partial charge in [-0.2, -0.15) is 0 Å². The van der Waals surface area contributed by atoms with Crippen LogP contribution >= 0.6 is 11.6 Å². The lowest BCUT2D eigenvalue weighted by molar-refractivity contribution is 0.344. The van der Waals surface area contributed by atoms with Crippen LogP contribution in [0.3, 0.4) is 0 Å². The number of hydrogen-bond acceptors (Lipinski definition) is 3. The second kappa shape index (κ2) is 4.51. The summed E-state index contributed by atoms with van der Waals surface area (Å²) in [5.41, 5.74) is 1.95. The van der Waals surface area contributed by atoms with Crippen LogP contribution in [0.4, 0.5) is 0 Å². The van der Waals surface area contributed by atoms with Crippen molar-refractivity contribution in [2.24, 2.45) is 5.92 Å². The van der Waals surface area contributed by atoms with E-state index in [1.54, 1.807) is 6.26 Å². The van der Waals surface area contributed by atoms with Gasteiger partial charge in [0.05, 0.1) is 5.69 Å². The third-order valence-electron chi connectivity index (χ3n) is 2.99. The summed E-state index contributed by atoms with van der Waals surface area (Å²) in [4.78, 5) is 4.49. The molecule has 0 aliphatic carbocycles. The van der Waals surface area contributed by atoms with Crippen LogP contribution in [-0.4, -0.2) is 18.1 Å². The molecule has 2 aromatic rings. The second-order valence-corrected chi connectivity index (χ2v) is 4.82. The summed E-state index contributed by atoms with van der Waals surface area (Å²) in [6, 6.07) is 7.56. The Morgan fingerprint density at radius 1 is 1.41 bits per heavy atom. The molecule has 3 rings (SSSR count). The van der Waals surface area contributed by atoms with Crippen molar-refractivity contribution in [3.8, 4) is 11.5 Å². The van der Waals surface area contributed by atoms with E-state index in [0.29, 0.717) is 16.8 Å². The predicted molar refractivity (Wildman–Crippen MR) is 67.0 cm³/mol. The molecule has 1 aromatic heterocycles. The number of rotatable bonds is 3. The lowest BCUT2D eigenvalue weighted by Crippen LogP contribution is -2.43. The average Bonchev–Trinajstić information content (AvgIpc) is 2.72. The molecule has 0 bridgehead atoms. The number of hydrogen-bond donors (Lipinski definition) is 1. The second-order valence-electron chi connectivity index (χ2n) is 4.38. The first-order valence-corrected chi connectivity index (χ1v) is 6.10. The summed E-state index contributed by atoms with van der Waals surface area (Å²) in [5, 5.41) is 3.95. The SMILES string of the molecule is Clc1cccc(-c2nc(CC3CNC3)co2)c1. The van der Waals surface area contributed by atoms with Crippen molar-refractivity contribution in [1.82, 2.24) is 10.3 Å². The molecule has 17 heavy (non-hydrogen) atoms. The molecule has 0 amide bonds. The number of benzene rings is 1. The van der Waals surface area contributed by atoms with E-state index in [1.165, 1.54) is 0 Å². The van der Waals surface area contributed by atoms with Gasteiger partial charge < -0.3 is 9.73 Å². The lowest BCUT2D eigenvalue weighted by Gasteiger charge is -2.25. The summed E-state index contributed by atoms with van der Waals surface area (Å²) in [5.74, 6) is 1.35. The van der Waals surface area contributed by atoms with E-state index in [-0.39, 0.29) is 0 Å². The molecule has 1 aliphatic rings. The summed E-state index contributed by atoms with van der Waals surface area (Å²) < 4.78 is 5.49. The van der Waals surface area contributed by atoms with Gasteiger partial charge in [-0.3, -0.25) is 0 Å². The Hall–Kier alpha value is -1.32. The standard InChI is InChI=1S/C13H13ClN2O/c14-11-3-1-2-10(5-11)13-16-12(8-17-13)4-9-6-15-7-9/h1-3,5,8-9,15H,4,6-7H2. The van der Waals surface area contributed by atoms with Gasteiger partial charge in [0, 0.05) is 10.6 Å². The number of halogens is 1. The monoisotopic (exact) mass is 248 g/mol. The first-order valence-electron chi connectivity index (χ1n) is 5.72. The highest BCUT2D eigenvalue weighted by Gasteiger charge is 2.19. The zero-order valence-electron chi connectivity index (χ0n) is 9.32. The predicted octanol–water partition coefficient (Wildman–Crippen LogP) is 2.76. The molecule has 1 N–H and O–H groups in total. The van der Waals surface area contributed by atoms with Gasteiger partial charge in [-0.1, -0.05) is 17.7 Å². The molecule has 3 nitrogen and oxygen atoms in total. The van der Waals surface area contributed by atoms with E-state index in [1.807, 2.05) is 24.3 Å². The zero-order valence-corrected chi connectivity index (χ0v) is 10.1. The highest BCUT2D eigenvalue weighted by Crippen LogP contribution is 2.23. The molecule has 0 atom stereocenters. The number of aromatic nitrogens is 1. The van der Waals surface area contributed by atoms with Crippen LogP contribution in [0.25, 0.3) is 11.5 Å². The molecule has 0 saturated carbocycles. The van der Waals surface area contributed by atoms with Gasteiger partial charge in [-0.25, -0.2) is 4.98 Å². The van der Waals surface area contributed by atoms with Crippen molar-refractivity contribution >= 4 is 11.6 Å². The quantitative estimate of drug-likeness (QED) is 0.908. The Labute approximate surface area is 105 Å². The molecule has 0 spiro atoms. The molecule has 0 radical (unpaired) electrons. The molecule has 1 aliphatic heterocycles. The van der Waals surface area contributed by atoms with E-state index in [0.717, 1.165) is 30.8 Å². The fraction of sp³-hybridized carbons (Fsp3) is 0.308. The summed E-state index contributed by atoms with van der Waals surface area (Å²) in [7, 11) is 0. The topological polar surface area (TPSA) is 38.1 Å². The minimum Gasteiger partial charge on any atom is -0.444 e. The van der Waals surface area contributed by atoms with E-state index < -0.39 is 0 Å². The Kier molecular flexibility index (Phi) is 2.87. The molecule has 4 heteroatoms. The van der Waals surface area contributed by atoms with Gasteiger partial charge in [0.25, 0.3) is 0 Å². The van der Waals surface area contributed by atoms with Crippen LogP contribution in [0.2, 0.25) is 5.02 Å². The zero-order chi connectivity index (χ0) is 11.7. The molecular weight excluding hydrogens is 236 g/mol. The third kappa shape index (κ3) is 2.35. The molecule has 0 unspecified atom stereocenters. The van der Waals surface area contributed by atoms with Crippen molar-refractivity contribution in [2.45, 2.75) is 6.42 Å². The van der Waals surface area contributed by atoms with Crippen molar-refractivity contribution in [1.29, 1.82) is 0 Å². The van der Waals surface area contributed by atoms with Crippen LogP contribution < -0.4 is 5.32 Å². The fourth-order valence-electron chi connectivity index (χ4n) is 1.94. The third-order valence-corrected chi connectivity index (χ3v) is 3.22. The molecular formula is C13H13ClN2O. The van der Waals surface area contributed by atoms with E-state index in [2.05, 4.69) is 10.3 Å². The van der Waals surface area contributed by atoms with Crippen LogP contribution in [0.1, 0.15) is 5.69 Å². The highest BCUT2D eigenvalue weighted by atomic mass is 35.5. The van der Waals surface area contributed by atoms with E-state index in [4.69, 9.17) is 16.0 Å². The Morgan fingerprint density at radius 3 is 3.00 bits per heavy atom.